The molecule has 0 saturated carbocycles. The van der Waals surface area contributed by atoms with Gasteiger partial charge in [0, 0.05) is 12.6 Å². The van der Waals surface area contributed by atoms with Crippen LogP contribution in [0.1, 0.15) is 5.56 Å². The molecule has 0 amide bonds. The van der Waals surface area contributed by atoms with Crippen LogP contribution in [0.25, 0.3) is 11.1 Å². The molecule has 0 saturated heterocycles. The van der Waals surface area contributed by atoms with Crippen LogP contribution in [0.15, 0.2) is 56.6 Å². The minimum atomic E-state index is -3.68. The zero-order valence-corrected chi connectivity index (χ0v) is 13.7. The molecular formula is C16H16N2O5S. The predicted octanol–water partition coefficient (Wildman–Crippen LogP) is 1.65. The molecule has 1 heterocycles. The Morgan fingerprint density at radius 1 is 1.17 bits per heavy atom. The second kappa shape index (κ2) is 6.50. The van der Waals surface area contributed by atoms with Gasteiger partial charge in [0.25, 0.3) is 0 Å². The fourth-order valence-electron chi connectivity index (χ4n) is 2.30. The zero-order chi connectivity index (χ0) is 17.2. The number of hydrogen-bond acceptors (Lipinski definition) is 5. The number of oxazole rings is 1. The van der Waals surface area contributed by atoms with Crippen molar-refractivity contribution in [2.75, 3.05) is 13.7 Å². The van der Waals surface area contributed by atoms with E-state index in [1.807, 2.05) is 24.3 Å². The summed E-state index contributed by atoms with van der Waals surface area (Å²) in [5.41, 5.74) is 1.65. The largest absolute Gasteiger partial charge is 0.497 e. The van der Waals surface area contributed by atoms with Gasteiger partial charge in [0.2, 0.25) is 10.0 Å². The standard InChI is InChI=1S/C16H16N2O5S/c1-22-12-4-2-11(3-5-12)8-9-17-24(20,21)13-6-7-14-15(10-13)23-16(19)18-14/h2-7,10,17H,8-9H2,1H3,(H,18,19). The average Bonchev–Trinajstić information content (AvgIpc) is 2.94. The Labute approximate surface area is 138 Å². The molecule has 0 bridgehead atoms. The van der Waals surface area contributed by atoms with E-state index < -0.39 is 15.8 Å². The van der Waals surface area contributed by atoms with Gasteiger partial charge < -0.3 is 9.15 Å². The van der Waals surface area contributed by atoms with Crippen molar-refractivity contribution < 1.29 is 17.6 Å². The predicted molar refractivity (Wildman–Crippen MR) is 88.7 cm³/mol. The number of sulfonamides is 1. The van der Waals surface area contributed by atoms with E-state index in [1.165, 1.54) is 18.2 Å². The van der Waals surface area contributed by atoms with Crippen molar-refractivity contribution >= 4 is 21.1 Å². The maximum atomic E-state index is 12.3. The van der Waals surface area contributed by atoms with Gasteiger partial charge in [-0.1, -0.05) is 12.1 Å². The molecule has 7 nitrogen and oxygen atoms in total. The third kappa shape index (κ3) is 3.50. The number of H-pyrrole nitrogens is 1. The van der Waals surface area contributed by atoms with Gasteiger partial charge in [-0.05, 0) is 36.2 Å². The fourth-order valence-corrected chi connectivity index (χ4v) is 3.34. The van der Waals surface area contributed by atoms with Crippen LogP contribution in [-0.4, -0.2) is 27.1 Å². The van der Waals surface area contributed by atoms with Crippen LogP contribution in [-0.2, 0) is 16.4 Å². The number of aromatic amines is 1. The lowest BCUT2D eigenvalue weighted by Gasteiger charge is -2.07. The van der Waals surface area contributed by atoms with Crippen LogP contribution >= 0.6 is 0 Å². The zero-order valence-electron chi connectivity index (χ0n) is 12.9. The molecule has 0 fully saturated rings. The molecule has 2 aromatic carbocycles. The van der Waals surface area contributed by atoms with Gasteiger partial charge >= 0.3 is 5.76 Å². The van der Waals surface area contributed by atoms with E-state index in [0.717, 1.165) is 11.3 Å². The van der Waals surface area contributed by atoms with Gasteiger partial charge in [0.05, 0.1) is 17.5 Å². The first-order chi connectivity index (χ1) is 11.5. The lowest BCUT2D eigenvalue weighted by atomic mass is 10.1. The van der Waals surface area contributed by atoms with Gasteiger partial charge in [-0.2, -0.15) is 0 Å². The van der Waals surface area contributed by atoms with Crippen LogP contribution in [0.2, 0.25) is 0 Å². The number of methoxy groups -OCH3 is 1. The van der Waals surface area contributed by atoms with Crippen molar-refractivity contribution in [1.29, 1.82) is 0 Å². The average molecular weight is 348 g/mol. The molecule has 24 heavy (non-hydrogen) atoms. The van der Waals surface area contributed by atoms with E-state index >= 15 is 0 Å². The van der Waals surface area contributed by atoms with Crippen molar-refractivity contribution in [2.45, 2.75) is 11.3 Å². The smallest absolute Gasteiger partial charge is 0.417 e. The summed E-state index contributed by atoms with van der Waals surface area (Å²) in [6.45, 7) is 0.254. The Bertz CT molecular complexity index is 1000. The van der Waals surface area contributed by atoms with E-state index in [9.17, 15) is 13.2 Å². The number of fused-ring (bicyclic) bond motifs is 1. The molecule has 0 unspecified atom stereocenters. The van der Waals surface area contributed by atoms with Crippen molar-refractivity contribution in [3.63, 3.8) is 0 Å². The van der Waals surface area contributed by atoms with Crippen molar-refractivity contribution in [3.05, 3.63) is 58.6 Å². The van der Waals surface area contributed by atoms with Gasteiger partial charge in [0.1, 0.15) is 5.75 Å². The molecule has 0 radical (unpaired) electrons. The summed E-state index contributed by atoms with van der Waals surface area (Å²) >= 11 is 0. The second-order valence-electron chi connectivity index (χ2n) is 5.17. The highest BCUT2D eigenvalue weighted by atomic mass is 32.2. The van der Waals surface area contributed by atoms with Gasteiger partial charge in [-0.15, -0.1) is 0 Å². The Morgan fingerprint density at radius 2 is 1.92 bits per heavy atom. The summed E-state index contributed by atoms with van der Waals surface area (Å²) in [4.78, 5) is 13.6. The minimum Gasteiger partial charge on any atom is -0.497 e. The molecule has 0 atom stereocenters. The number of rotatable bonds is 6. The summed E-state index contributed by atoms with van der Waals surface area (Å²) in [5.74, 6) is 0.132. The molecule has 0 spiro atoms. The maximum absolute atomic E-state index is 12.3. The van der Waals surface area contributed by atoms with Crippen LogP contribution in [0.3, 0.4) is 0 Å². The van der Waals surface area contributed by atoms with E-state index in [-0.39, 0.29) is 17.0 Å². The highest BCUT2D eigenvalue weighted by Crippen LogP contribution is 2.16. The van der Waals surface area contributed by atoms with Crippen LogP contribution in [0, 0.1) is 0 Å². The van der Waals surface area contributed by atoms with E-state index in [0.29, 0.717) is 11.9 Å². The monoisotopic (exact) mass is 348 g/mol. The molecular weight excluding hydrogens is 332 g/mol. The first kappa shape index (κ1) is 16.3. The van der Waals surface area contributed by atoms with Gasteiger partial charge in [-0.25, -0.2) is 17.9 Å². The highest BCUT2D eigenvalue weighted by Gasteiger charge is 2.15. The highest BCUT2D eigenvalue weighted by molar-refractivity contribution is 7.89. The van der Waals surface area contributed by atoms with Gasteiger partial charge in [-0.3, -0.25) is 4.98 Å². The Balaban J connectivity index is 1.68. The Kier molecular flexibility index (Phi) is 4.41. The molecule has 0 aliphatic carbocycles. The molecule has 8 heteroatoms. The molecule has 3 aromatic rings. The number of ether oxygens (including phenoxy) is 1. The summed E-state index contributed by atoms with van der Waals surface area (Å²) in [5, 5.41) is 0. The van der Waals surface area contributed by atoms with Crippen LogP contribution in [0.5, 0.6) is 5.75 Å². The number of aromatic nitrogens is 1. The lowest BCUT2D eigenvalue weighted by Crippen LogP contribution is -2.25. The van der Waals surface area contributed by atoms with E-state index in [1.54, 1.807) is 7.11 Å². The first-order valence-corrected chi connectivity index (χ1v) is 8.72. The first-order valence-electron chi connectivity index (χ1n) is 7.23. The quantitative estimate of drug-likeness (QED) is 0.705. The molecule has 126 valence electrons. The molecule has 0 aliphatic heterocycles. The summed E-state index contributed by atoms with van der Waals surface area (Å²) in [6, 6.07) is 11.7. The minimum absolute atomic E-state index is 0.0486. The Morgan fingerprint density at radius 3 is 2.62 bits per heavy atom. The summed E-state index contributed by atoms with van der Waals surface area (Å²) in [6.07, 6.45) is 0.546. The maximum Gasteiger partial charge on any atom is 0.417 e. The molecule has 0 aliphatic rings. The fraction of sp³-hybridized carbons (Fsp3) is 0.188. The number of hydrogen-bond donors (Lipinski definition) is 2. The topological polar surface area (TPSA) is 101 Å². The SMILES string of the molecule is COc1ccc(CCNS(=O)(=O)c2ccc3[nH]c(=O)oc3c2)cc1. The number of nitrogens with one attached hydrogen (secondary N) is 2. The third-order valence-electron chi connectivity index (χ3n) is 3.57. The lowest BCUT2D eigenvalue weighted by molar-refractivity contribution is 0.414. The van der Waals surface area contributed by atoms with Crippen LogP contribution < -0.4 is 15.2 Å². The van der Waals surface area contributed by atoms with Crippen molar-refractivity contribution in [1.82, 2.24) is 9.71 Å². The van der Waals surface area contributed by atoms with Crippen molar-refractivity contribution in [3.8, 4) is 5.75 Å². The normalized spacial score (nSPS) is 11.7. The van der Waals surface area contributed by atoms with E-state index in [2.05, 4.69) is 9.71 Å². The number of benzene rings is 2. The van der Waals surface area contributed by atoms with E-state index in [4.69, 9.17) is 9.15 Å². The third-order valence-corrected chi connectivity index (χ3v) is 5.03. The van der Waals surface area contributed by atoms with Crippen LogP contribution in [0.4, 0.5) is 0 Å². The molecule has 2 N–H and O–H groups in total. The van der Waals surface area contributed by atoms with Gasteiger partial charge in [0.15, 0.2) is 5.58 Å². The second-order valence-corrected chi connectivity index (χ2v) is 6.94. The Hall–Kier alpha value is -2.58. The summed E-state index contributed by atoms with van der Waals surface area (Å²) in [7, 11) is -2.09. The van der Waals surface area contributed by atoms with Crippen molar-refractivity contribution in [2.24, 2.45) is 0 Å². The summed E-state index contributed by atoms with van der Waals surface area (Å²) < 4.78 is 37.1. The molecule has 3 rings (SSSR count). The molecule has 1 aromatic heterocycles.